The van der Waals surface area contributed by atoms with Crippen molar-refractivity contribution in [1.29, 1.82) is 0 Å². The molecule has 1 amide bonds. The normalized spacial score (nSPS) is 24.3. The van der Waals surface area contributed by atoms with Crippen LogP contribution in [0.5, 0.6) is 6.01 Å². The predicted molar refractivity (Wildman–Crippen MR) is 105 cm³/mol. The third kappa shape index (κ3) is 4.33. The van der Waals surface area contributed by atoms with E-state index in [1.54, 1.807) is 0 Å². The van der Waals surface area contributed by atoms with Crippen LogP contribution >= 0.6 is 0 Å². The molecule has 0 saturated heterocycles. The van der Waals surface area contributed by atoms with Crippen molar-refractivity contribution in [3.63, 3.8) is 0 Å². The SMILES string of the molecule is Cc1cc(C)nc(OC2CCC(NC(=O)C3OCCc4ccccc43)CC2)n1. The van der Waals surface area contributed by atoms with Crippen molar-refractivity contribution < 1.29 is 14.3 Å². The Morgan fingerprint density at radius 3 is 2.57 bits per heavy atom. The number of benzene rings is 1. The minimum Gasteiger partial charge on any atom is -0.460 e. The van der Waals surface area contributed by atoms with Gasteiger partial charge in [0.25, 0.3) is 5.91 Å². The van der Waals surface area contributed by atoms with Gasteiger partial charge in [0.2, 0.25) is 0 Å². The first kappa shape index (κ1) is 18.9. The van der Waals surface area contributed by atoms with Crippen LogP contribution in [-0.4, -0.2) is 34.6 Å². The van der Waals surface area contributed by atoms with Gasteiger partial charge in [-0.25, -0.2) is 9.97 Å². The summed E-state index contributed by atoms with van der Waals surface area (Å²) in [5.74, 6) is -0.0332. The lowest BCUT2D eigenvalue weighted by Crippen LogP contribution is -2.43. The highest BCUT2D eigenvalue weighted by Gasteiger charge is 2.30. The van der Waals surface area contributed by atoms with E-state index >= 15 is 0 Å². The van der Waals surface area contributed by atoms with Gasteiger partial charge in [0.15, 0.2) is 6.10 Å². The molecule has 6 nitrogen and oxygen atoms in total. The van der Waals surface area contributed by atoms with Crippen molar-refractivity contribution in [2.75, 3.05) is 6.61 Å². The molecule has 4 rings (SSSR count). The maximum absolute atomic E-state index is 12.8. The number of hydrogen-bond donors (Lipinski definition) is 1. The average molecular weight is 381 g/mol. The van der Waals surface area contributed by atoms with Crippen LogP contribution in [0.25, 0.3) is 0 Å². The zero-order chi connectivity index (χ0) is 19.5. The zero-order valence-electron chi connectivity index (χ0n) is 16.5. The summed E-state index contributed by atoms with van der Waals surface area (Å²) in [5, 5.41) is 3.18. The minimum atomic E-state index is -0.498. The van der Waals surface area contributed by atoms with E-state index in [4.69, 9.17) is 9.47 Å². The van der Waals surface area contributed by atoms with Crippen molar-refractivity contribution in [2.45, 2.75) is 64.2 Å². The molecule has 6 heteroatoms. The molecule has 1 saturated carbocycles. The van der Waals surface area contributed by atoms with Crippen molar-refractivity contribution in [3.05, 3.63) is 52.8 Å². The molecule has 28 heavy (non-hydrogen) atoms. The highest BCUT2D eigenvalue weighted by Crippen LogP contribution is 2.28. The van der Waals surface area contributed by atoms with Crippen LogP contribution < -0.4 is 10.1 Å². The Hall–Kier alpha value is -2.47. The van der Waals surface area contributed by atoms with Crippen molar-refractivity contribution >= 4 is 5.91 Å². The fourth-order valence-corrected chi connectivity index (χ4v) is 4.11. The van der Waals surface area contributed by atoms with Crippen LogP contribution in [0.15, 0.2) is 30.3 Å². The van der Waals surface area contributed by atoms with Crippen LogP contribution in [0.4, 0.5) is 0 Å². The molecule has 2 aliphatic rings. The summed E-state index contributed by atoms with van der Waals surface area (Å²) in [6.07, 6.45) is 3.99. The number of aryl methyl sites for hydroxylation is 2. The number of amides is 1. The minimum absolute atomic E-state index is 0.0332. The Balaban J connectivity index is 1.30. The van der Waals surface area contributed by atoms with Crippen molar-refractivity contribution in [1.82, 2.24) is 15.3 Å². The lowest BCUT2D eigenvalue weighted by molar-refractivity contribution is -0.135. The Bertz CT molecular complexity index is 826. The number of nitrogens with zero attached hydrogens (tertiary/aromatic N) is 2. The number of aromatic nitrogens is 2. The van der Waals surface area contributed by atoms with Crippen LogP contribution in [0, 0.1) is 13.8 Å². The van der Waals surface area contributed by atoms with Crippen molar-refractivity contribution in [2.24, 2.45) is 0 Å². The highest BCUT2D eigenvalue weighted by molar-refractivity contribution is 5.83. The summed E-state index contributed by atoms with van der Waals surface area (Å²) >= 11 is 0. The van der Waals surface area contributed by atoms with Gasteiger partial charge in [0.05, 0.1) is 6.61 Å². The largest absolute Gasteiger partial charge is 0.460 e. The lowest BCUT2D eigenvalue weighted by Gasteiger charge is -2.31. The summed E-state index contributed by atoms with van der Waals surface area (Å²) in [6, 6.07) is 10.6. The van der Waals surface area contributed by atoms with E-state index in [2.05, 4.69) is 21.4 Å². The maximum Gasteiger partial charge on any atom is 0.317 e. The molecule has 2 heterocycles. The second-order valence-electron chi connectivity index (χ2n) is 7.73. The summed E-state index contributed by atoms with van der Waals surface area (Å²) in [7, 11) is 0. The second-order valence-corrected chi connectivity index (χ2v) is 7.73. The quantitative estimate of drug-likeness (QED) is 0.880. The molecule has 2 aromatic rings. The van der Waals surface area contributed by atoms with Crippen LogP contribution in [0.2, 0.25) is 0 Å². The van der Waals surface area contributed by atoms with Gasteiger partial charge < -0.3 is 14.8 Å². The third-order valence-electron chi connectivity index (χ3n) is 5.49. The number of nitrogens with one attached hydrogen (secondary N) is 1. The molecule has 1 aliphatic carbocycles. The Morgan fingerprint density at radius 2 is 1.82 bits per heavy atom. The first-order valence-electron chi connectivity index (χ1n) is 10.1. The van der Waals surface area contributed by atoms with Gasteiger partial charge in [0, 0.05) is 17.4 Å². The Kier molecular flexibility index (Phi) is 5.57. The number of rotatable bonds is 4. The molecule has 0 radical (unpaired) electrons. The van der Waals surface area contributed by atoms with Crippen LogP contribution in [-0.2, 0) is 16.0 Å². The zero-order valence-corrected chi connectivity index (χ0v) is 16.5. The van der Waals surface area contributed by atoms with Gasteiger partial charge in [-0.05, 0) is 63.1 Å². The van der Waals surface area contributed by atoms with E-state index < -0.39 is 6.10 Å². The van der Waals surface area contributed by atoms with Gasteiger partial charge in [-0.2, -0.15) is 0 Å². The standard InChI is InChI=1S/C22H27N3O3/c1-14-13-15(2)24-22(23-14)28-18-9-7-17(8-10-18)25-21(26)20-19-6-4-3-5-16(19)11-12-27-20/h3-6,13,17-18,20H,7-12H2,1-2H3,(H,25,26). The molecule has 148 valence electrons. The fourth-order valence-electron chi connectivity index (χ4n) is 4.11. The van der Waals surface area contributed by atoms with E-state index in [0.29, 0.717) is 12.6 Å². The van der Waals surface area contributed by atoms with Gasteiger partial charge in [-0.3, -0.25) is 4.79 Å². The summed E-state index contributed by atoms with van der Waals surface area (Å²) in [6.45, 7) is 4.48. The van der Waals surface area contributed by atoms with Gasteiger partial charge in [-0.15, -0.1) is 0 Å². The van der Waals surface area contributed by atoms with Crippen LogP contribution in [0.3, 0.4) is 0 Å². The van der Waals surface area contributed by atoms with Gasteiger partial charge in [0.1, 0.15) is 6.10 Å². The number of ether oxygens (including phenoxy) is 2. The predicted octanol–water partition coefficient (Wildman–Crippen LogP) is 3.21. The molecule has 1 fully saturated rings. The summed E-state index contributed by atoms with van der Waals surface area (Å²) in [5.41, 5.74) is 4.03. The lowest BCUT2D eigenvalue weighted by atomic mass is 9.92. The molecule has 1 aromatic carbocycles. The Morgan fingerprint density at radius 1 is 1.11 bits per heavy atom. The van der Waals surface area contributed by atoms with E-state index in [1.165, 1.54) is 5.56 Å². The smallest absolute Gasteiger partial charge is 0.317 e. The molecular formula is C22H27N3O3. The third-order valence-corrected chi connectivity index (χ3v) is 5.49. The summed E-state index contributed by atoms with van der Waals surface area (Å²) < 4.78 is 11.8. The monoisotopic (exact) mass is 381 g/mol. The molecule has 1 aliphatic heterocycles. The number of fused-ring (bicyclic) bond motifs is 1. The molecule has 0 bridgehead atoms. The number of carbonyl (C=O) groups is 1. The molecule has 1 aromatic heterocycles. The number of hydrogen-bond acceptors (Lipinski definition) is 5. The Labute approximate surface area is 165 Å². The second kappa shape index (κ2) is 8.27. The van der Waals surface area contributed by atoms with E-state index in [1.807, 2.05) is 38.1 Å². The van der Waals surface area contributed by atoms with E-state index in [-0.39, 0.29) is 18.1 Å². The topological polar surface area (TPSA) is 73.3 Å². The molecule has 0 spiro atoms. The highest BCUT2D eigenvalue weighted by atomic mass is 16.5. The van der Waals surface area contributed by atoms with Crippen LogP contribution in [0.1, 0.15) is 54.3 Å². The van der Waals surface area contributed by atoms with Crippen molar-refractivity contribution in [3.8, 4) is 6.01 Å². The maximum atomic E-state index is 12.8. The first-order chi connectivity index (χ1) is 13.6. The van der Waals surface area contributed by atoms with Gasteiger partial charge in [-0.1, -0.05) is 24.3 Å². The fraction of sp³-hybridized carbons (Fsp3) is 0.500. The molecule has 1 atom stereocenters. The molecule has 1 unspecified atom stereocenters. The first-order valence-corrected chi connectivity index (χ1v) is 10.1. The van der Waals surface area contributed by atoms with E-state index in [9.17, 15) is 4.79 Å². The summed E-state index contributed by atoms with van der Waals surface area (Å²) in [4.78, 5) is 21.5. The molecular weight excluding hydrogens is 354 g/mol. The van der Waals surface area contributed by atoms with E-state index in [0.717, 1.165) is 49.1 Å². The van der Waals surface area contributed by atoms with Gasteiger partial charge >= 0.3 is 6.01 Å². The average Bonchev–Trinajstić information content (AvgIpc) is 2.68. The molecule has 1 N–H and O–H groups in total. The number of carbonyl (C=O) groups excluding carboxylic acids is 1.